The van der Waals surface area contributed by atoms with Gasteiger partial charge in [0.1, 0.15) is 0 Å². The summed E-state index contributed by atoms with van der Waals surface area (Å²) in [5.74, 6) is 0.584. The maximum absolute atomic E-state index is 12.3. The number of rotatable bonds is 8. The quantitative estimate of drug-likeness (QED) is 0.509. The molecule has 2 N–H and O–H groups in total. The summed E-state index contributed by atoms with van der Waals surface area (Å²) in [6, 6.07) is 21.9. The number of carbonyl (C=O) groups is 1. The third kappa shape index (κ3) is 3.54. The van der Waals surface area contributed by atoms with Crippen LogP contribution >= 0.6 is 0 Å². The average molecular weight is 404 g/mol. The molecule has 4 atom stereocenters. The van der Waals surface area contributed by atoms with Gasteiger partial charge in [-0.3, -0.25) is 4.90 Å². The standard InChI is InChI=1S/C26H33N3O/c1-4-26-18-20(16-23(26)29(26)3)17-25(19-28-24(30)27-5-2,21-12-8-6-9-13-21)22-14-10-7-11-15-22/h4,6-15,20,23H,1,5,16-19H2,2-3H3,(H2,27,28,30)/t20-,23+,26?,29?/m1/s1. The van der Waals surface area contributed by atoms with Crippen molar-refractivity contribution in [3.63, 3.8) is 0 Å². The molecule has 1 saturated carbocycles. The summed E-state index contributed by atoms with van der Waals surface area (Å²) in [5.41, 5.74) is 2.43. The molecule has 2 fully saturated rings. The molecular formula is C26H33N3O. The van der Waals surface area contributed by atoms with E-state index < -0.39 is 0 Å². The summed E-state index contributed by atoms with van der Waals surface area (Å²) in [6.07, 6.45) is 5.48. The summed E-state index contributed by atoms with van der Waals surface area (Å²) in [5, 5.41) is 6.05. The van der Waals surface area contributed by atoms with Crippen molar-refractivity contribution in [2.45, 2.75) is 43.2 Å². The molecule has 158 valence electrons. The summed E-state index contributed by atoms with van der Waals surface area (Å²) >= 11 is 0. The summed E-state index contributed by atoms with van der Waals surface area (Å²) < 4.78 is 0. The van der Waals surface area contributed by atoms with E-state index in [1.165, 1.54) is 17.5 Å². The van der Waals surface area contributed by atoms with Crippen LogP contribution in [-0.2, 0) is 5.41 Å². The molecule has 1 aliphatic heterocycles. The zero-order chi connectivity index (χ0) is 21.2. The Balaban J connectivity index is 1.69. The molecule has 2 amide bonds. The Bertz CT molecular complexity index is 842. The molecule has 2 aliphatic rings. The lowest BCUT2D eigenvalue weighted by Crippen LogP contribution is -2.46. The van der Waals surface area contributed by atoms with Crippen molar-refractivity contribution in [3.8, 4) is 0 Å². The van der Waals surface area contributed by atoms with E-state index in [1.807, 2.05) is 6.92 Å². The minimum atomic E-state index is -0.268. The predicted molar refractivity (Wildman–Crippen MR) is 123 cm³/mol. The number of hydrogen-bond acceptors (Lipinski definition) is 2. The molecule has 4 nitrogen and oxygen atoms in total. The van der Waals surface area contributed by atoms with Gasteiger partial charge in [-0.25, -0.2) is 4.79 Å². The Morgan fingerprint density at radius 3 is 2.23 bits per heavy atom. The van der Waals surface area contributed by atoms with Crippen LogP contribution in [-0.4, -0.2) is 42.6 Å². The first-order valence-corrected chi connectivity index (χ1v) is 11.0. The van der Waals surface area contributed by atoms with Crippen LogP contribution in [0.15, 0.2) is 73.3 Å². The molecule has 0 aromatic heterocycles. The summed E-state index contributed by atoms with van der Waals surface area (Å²) in [4.78, 5) is 14.8. The predicted octanol–water partition coefficient (Wildman–Crippen LogP) is 4.33. The van der Waals surface area contributed by atoms with E-state index in [4.69, 9.17) is 0 Å². The normalized spacial score (nSPS) is 27.2. The van der Waals surface area contributed by atoms with Gasteiger partial charge in [0.2, 0.25) is 0 Å². The van der Waals surface area contributed by atoms with Crippen molar-refractivity contribution in [1.29, 1.82) is 0 Å². The number of nitrogens with zero attached hydrogens (tertiary/aromatic N) is 1. The van der Waals surface area contributed by atoms with E-state index in [-0.39, 0.29) is 17.0 Å². The van der Waals surface area contributed by atoms with Crippen LogP contribution in [0.4, 0.5) is 4.79 Å². The van der Waals surface area contributed by atoms with Crippen LogP contribution < -0.4 is 10.6 Å². The fraction of sp³-hybridized carbons (Fsp3) is 0.423. The van der Waals surface area contributed by atoms with Gasteiger partial charge in [0.15, 0.2) is 0 Å². The molecule has 0 bridgehead atoms. The lowest BCUT2D eigenvalue weighted by molar-refractivity contribution is 0.235. The molecule has 0 spiro atoms. The van der Waals surface area contributed by atoms with Crippen LogP contribution in [0.1, 0.15) is 37.3 Å². The Labute approximate surface area is 180 Å². The van der Waals surface area contributed by atoms with Gasteiger partial charge in [-0.15, -0.1) is 6.58 Å². The highest BCUT2D eigenvalue weighted by Crippen LogP contribution is 2.57. The highest BCUT2D eigenvalue weighted by atomic mass is 16.2. The monoisotopic (exact) mass is 403 g/mol. The first kappa shape index (κ1) is 20.7. The number of benzene rings is 2. The Morgan fingerprint density at radius 2 is 1.73 bits per heavy atom. The van der Waals surface area contributed by atoms with Gasteiger partial charge in [-0.2, -0.15) is 0 Å². The van der Waals surface area contributed by atoms with Gasteiger partial charge in [0.05, 0.1) is 5.54 Å². The van der Waals surface area contributed by atoms with Gasteiger partial charge in [0, 0.05) is 24.5 Å². The average Bonchev–Trinajstić information content (AvgIpc) is 3.14. The van der Waals surface area contributed by atoms with Gasteiger partial charge in [0.25, 0.3) is 0 Å². The number of amides is 2. The lowest BCUT2D eigenvalue weighted by atomic mass is 9.68. The van der Waals surface area contributed by atoms with Crippen molar-refractivity contribution in [3.05, 3.63) is 84.4 Å². The van der Waals surface area contributed by atoms with E-state index in [0.717, 1.165) is 12.8 Å². The number of urea groups is 1. The number of hydrogen-bond donors (Lipinski definition) is 2. The second-order valence-electron chi connectivity index (χ2n) is 8.86. The van der Waals surface area contributed by atoms with Gasteiger partial charge in [-0.05, 0) is 50.3 Å². The van der Waals surface area contributed by atoms with E-state index in [2.05, 4.69) is 95.9 Å². The molecule has 4 heteroatoms. The minimum absolute atomic E-state index is 0.106. The molecule has 1 aliphatic carbocycles. The molecule has 1 heterocycles. The second kappa shape index (κ2) is 8.27. The molecule has 2 aromatic rings. The number of fused-ring (bicyclic) bond motifs is 1. The fourth-order valence-corrected chi connectivity index (χ4v) is 5.73. The van der Waals surface area contributed by atoms with Crippen molar-refractivity contribution in [2.75, 3.05) is 20.1 Å². The third-order valence-electron chi connectivity index (χ3n) is 7.34. The van der Waals surface area contributed by atoms with Crippen LogP contribution in [0, 0.1) is 5.92 Å². The SMILES string of the molecule is C=CC12C[C@@H](CC(CNC(=O)NCC)(c3ccccc3)c3ccccc3)C[C@@H]1N2C. The molecule has 2 aromatic carbocycles. The fourth-order valence-electron chi connectivity index (χ4n) is 5.73. The number of carbonyl (C=O) groups excluding carboxylic acids is 1. The zero-order valence-corrected chi connectivity index (χ0v) is 18.1. The molecule has 1 saturated heterocycles. The van der Waals surface area contributed by atoms with E-state index >= 15 is 0 Å². The maximum atomic E-state index is 12.3. The minimum Gasteiger partial charge on any atom is -0.338 e. The van der Waals surface area contributed by atoms with Crippen LogP contribution in [0.5, 0.6) is 0 Å². The smallest absolute Gasteiger partial charge is 0.314 e. The molecule has 0 radical (unpaired) electrons. The van der Waals surface area contributed by atoms with Crippen molar-refractivity contribution < 1.29 is 4.79 Å². The van der Waals surface area contributed by atoms with E-state index in [1.54, 1.807) is 0 Å². The highest BCUT2D eigenvalue weighted by molar-refractivity contribution is 5.74. The topological polar surface area (TPSA) is 44.1 Å². The van der Waals surface area contributed by atoms with Crippen molar-refractivity contribution >= 4 is 6.03 Å². The Kier molecular flexibility index (Phi) is 5.70. The van der Waals surface area contributed by atoms with Crippen LogP contribution in [0.3, 0.4) is 0 Å². The van der Waals surface area contributed by atoms with Crippen LogP contribution in [0.25, 0.3) is 0 Å². The third-order valence-corrected chi connectivity index (χ3v) is 7.34. The molecule has 2 unspecified atom stereocenters. The second-order valence-corrected chi connectivity index (χ2v) is 8.86. The summed E-state index contributed by atoms with van der Waals surface area (Å²) in [7, 11) is 2.21. The molecular weight excluding hydrogens is 370 g/mol. The van der Waals surface area contributed by atoms with Gasteiger partial charge >= 0.3 is 6.03 Å². The highest BCUT2D eigenvalue weighted by Gasteiger charge is 2.64. The van der Waals surface area contributed by atoms with Crippen molar-refractivity contribution in [1.82, 2.24) is 15.5 Å². The van der Waals surface area contributed by atoms with Gasteiger partial charge < -0.3 is 10.6 Å². The Hall–Kier alpha value is -2.59. The first-order chi connectivity index (χ1) is 14.6. The lowest BCUT2D eigenvalue weighted by Gasteiger charge is -2.38. The number of likely N-dealkylation sites (N-methyl/N-ethyl adjacent to an activating group) is 1. The number of piperidine rings is 1. The molecule has 30 heavy (non-hydrogen) atoms. The zero-order valence-electron chi connectivity index (χ0n) is 18.1. The molecule has 4 rings (SSSR count). The maximum Gasteiger partial charge on any atom is 0.314 e. The number of likely N-dealkylation sites (tertiary alicyclic amines) is 1. The van der Waals surface area contributed by atoms with E-state index in [0.29, 0.717) is 25.0 Å². The first-order valence-electron chi connectivity index (χ1n) is 11.0. The van der Waals surface area contributed by atoms with E-state index in [9.17, 15) is 4.79 Å². The summed E-state index contributed by atoms with van der Waals surface area (Å²) in [6.45, 7) is 7.26. The number of nitrogens with one attached hydrogen (secondary N) is 2. The van der Waals surface area contributed by atoms with Crippen molar-refractivity contribution in [2.24, 2.45) is 5.92 Å². The van der Waals surface area contributed by atoms with Gasteiger partial charge in [-0.1, -0.05) is 66.7 Å². The largest absolute Gasteiger partial charge is 0.338 e. The Morgan fingerprint density at radius 1 is 1.13 bits per heavy atom. The van der Waals surface area contributed by atoms with Crippen LogP contribution in [0.2, 0.25) is 0 Å².